The molecule has 0 aliphatic carbocycles. The molecule has 2 fully saturated rings. The zero-order valence-corrected chi connectivity index (χ0v) is 19.3. The highest BCUT2D eigenvalue weighted by Gasteiger charge is 2.42. The normalized spacial score (nSPS) is 21.5. The number of oxazole rings is 1. The Morgan fingerprint density at radius 3 is 2.90 bits per heavy atom. The maximum Gasteiger partial charge on any atom is 0.226 e. The van der Waals surface area contributed by atoms with E-state index in [2.05, 4.69) is 25.5 Å². The average Bonchev–Trinajstić information content (AvgIpc) is 3.33. The molecular formula is C21H27FIN5O2. The fourth-order valence-electron chi connectivity index (χ4n) is 4.21. The van der Waals surface area contributed by atoms with Gasteiger partial charge in [-0.05, 0) is 37.1 Å². The van der Waals surface area contributed by atoms with Crippen molar-refractivity contribution in [3.05, 3.63) is 42.0 Å². The lowest BCUT2D eigenvalue weighted by Gasteiger charge is -2.40. The molecule has 1 amide bonds. The summed E-state index contributed by atoms with van der Waals surface area (Å²) in [6, 6.07) is 6.09. The quantitative estimate of drug-likeness (QED) is 0.363. The number of rotatable bonds is 4. The van der Waals surface area contributed by atoms with Gasteiger partial charge < -0.3 is 20.0 Å². The van der Waals surface area contributed by atoms with Crippen LogP contribution in [0.25, 0.3) is 11.5 Å². The topological polar surface area (TPSA) is 82.8 Å². The number of piperidine rings is 1. The molecule has 2 aliphatic rings. The SMILES string of the molecule is CN=C(NCCc1coc(-c2ccc(F)cc2)n1)N1CCCC2(CNC(=O)C2)C1.I. The minimum atomic E-state index is -0.284. The average molecular weight is 527 g/mol. The molecule has 1 aromatic heterocycles. The van der Waals surface area contributed by atoms with Crippen molar-refractivity contribution in [2.45, 2.75) is 25.7 Å². The standard InChI is InChI=1S/C21H26FN5O2.HI/c1-23-20(27-10-2-8-21(14-27)11-18(28)25-13-21)24-9-7-17-12-29-19(26-17)15-3-5-16(22)6-4-15;/h3-6,12H,2,7-11,13-14H2,1H3,(H,23,24)(H,25,28);1H. The Labute approximate surface area is 192 Å². The molecule has 9 heteroatoms. The highest BCUT2D eigenvalue weighted by atomic mass is 127. The number of halogens is 2. The van der Waals surface area contributed by atoms with E-state index >= 15 is 0 Å². The van der Waals surface area contributed by atoms with Crippen LogP contribution in [0.3, 0.4) is 0 Å². The van der Waals surface area contributed by atoms with Gasteiger partial charge in [0, 0.05) is 57.0 Å². The molecule has 1 spiro atoms. The fraction of sp³-hybridized carbons (Fsp3) is 0.476. The van der Waals surface area contributed by atoms with Gasteiger partial charge in [0.05, 0.1) is 5.69 Å². The molecule has 1 unspecified atom stereocenters. The number of benzene rings is 1. The van der Waals surface area contributed by atoms with Crippen LogP contribution in [0.5, 0.6) is 0 Å². The van der Waals surface area contributed by atoms with Gasteiger partial charge in [-0.3, -0.25) is 9.79 Å². The van der Waals surface area contributed by atoms with Gasteiger partial charge in [0.25, 0.3) is 0 Å². The van der Waals surface area contributed by atoms with Crippen molar-refractivity contribution in [1.29, 1.82) is 0 Å². The Morgan fingerprint density at radius 2 is 2.20 bits per heavy atom. The second-order valence-electron chi connectivity index (χ2n) is 7.85. The Hall–Kier alpha value is -2.17. The van der Waals surface area contributed by atoms with Crippen LogP contribution in [-0.2, 0) is 11.2 Å². The van der Waals surface area contributed by atoms with Gasteiger partial charge in [0.2, 0.25) is 11.8 Å². The predicted molar refractivity (Wildman–Crippen MR) is 123 cm³/mol. The molecule has 4 rings (SSSR count). The maximum atomic E-state index is 13.1. The van der Waals surface area contributed by atoms with Crippen molar-refractivity contribution in [2.75, 3.05) is 33.2 Å². The second kappa shape index (κ2) is 9.76. The monoisotopic (exact) mass is 527 g/mol. The number of nitrogens with zero attached hydrogens (tertiary/aromatic N) is 3. The Kier molecular flexibility index (Phi) is 7.32. The summed E-state index contributed by atoms with van der Waals surface area (Å²) in [6.07, 6.45) is 5.05. The molecule has 162 valence electrons. The molecule has 0 saturated carbocycles. The molecule has 2 saturated heterocycles. The molecular weight excluding hydrogens is 500 g/mol. The summed E-state index contributed by atoms with van der Waals surface area (Å²) in [5.74, 6) is 1.21. The molecule has 2 aliphatic heterocycles. The summed E-state index contributed by atoms with van der Waals surface area (Å²) in [7, 11) is 1.78. The van der Waals surface area contributed by atoms with Crippen molar-refractivity contribution in [2.24, 2.45) is 10.4 Å². The molecule has 30 heavy (non-hydrogen) atoms. The third kappa shape index (κ3) is 5.11. The summed E-state index contributed by atoms with van der Waals surface area (Å²) in [4.78, 5) is 22.9. The maximum absolute atomic E-state index is 13.1. The number of carbonyl (C=O) groups is 1. The minimum Gasteiger partial charge on any atom is -0.444 e. The van der Waals surface area contributed by atoms with Gasteiger partial charge in [-0.1, -0.05) is 0 Å². The highest BCUT2D eigenvalue weighted by molar-refractivity contribution is 14.0. The molecule has 1 atom stereocenters. The van der Waals surface area contributed by atoms with Gasteiger partial charge in [-0.2, -0.15) is 0 Å². The number of hydrogen-bond donors (Lipinski definition) is 2. The van der Waals surface area contributed by atoms with E-state index in [4.69, 9.17) is 4.42 Å². The van der Waals surface area contributed by atoms with Crippen molar-refractivity contribution < 1.29 is 13.6 Å². The van der Waals surface area contributed by atoms with Crippen LogP contribution in [0.1, 0.15) is 25.0 Å². The number of guanidine groups is 1. The number of nitrogens with one attached hydrogen (secondary N) is 2. The van der Waals surface area contributed by atoms with Gasteiger partial charge in [-0.25, -0.2) is 9.37 Å². The van der Waals surface area contributed by atoms with Crippen LogP contribution in [0.4, 0.5) is 4.39 Å². The predicted octanol–water partition coefficient (Wildman–Crippen LogP) is 2.82. The fourth-order valence-corrected chi connectivity index (χ4v) is 4.21. The summed E-state index contributed by atoms with van der Waals surface area (Å²) < 4.78 is 18.6. The molecule has 7 nitrogen and oxygen atoms in total. The zero-order chi connectivity index (χ0) is 20.3. The first-order chi connectivity index (χ1) is 14.1. The summed E-state index contributed by atoms with van der Waals surface area (Å²) in [6.45, 7) is 3.20. The third-order valence-corrected chi connectivity index (χ3v) is 5.68. The van der Waals surface area contributed by atoms with Crippen LogP contribution in [-0.4, -0.2) is 55.0 Å². The summed E-state index contributed by atoms with van der Waals surface area (Å²) >= 11 is 0. The molecule has 1 aromatic carbocycles. The number of aromatic nitrogens is 1. The summed E-state index contributed by atoms with van der Waals surface area (Å²) in [5, 5.41) is 6.38. The lowest BCUT2D eigenvalue weighted by Crippen LogP contribution is -2.51. The second-order valence-corrected chi connectivity index (χ2v) is 7.85. The largest absolute Gasteiger partial charge is 0.444 e. The van der Waals surface area contributed by atoms with E-state index in [1.807, 2.05) is 0 Å². The van der Waals surface area contributed by atoms with Crippen molar-refractivity contribution in [1.82, 2.24) is 20.5 Å². The molecule has 2 aromatic rings. The Bertz CT molecular complexity index is 901. The van der Waals surface area contributed by atoms with E-state index < -0.39 is 0 Å². The first kappa shape index (κ1) is 22.5. The van der Waals surface area contributed by atoms with Crippen LogP contribution in [0.2, 0.25) is 0 Å². The smallest absolute Gasteiger partial charge is 0.226 e. The molecule has 3 heterocycles. The third-order valence-electron chi connectivity index (χ3n) is 5.68. The van der Waals surface area contributed by atoms with Crippen LogP contribution in [0, 0.1) is 11.2 Å². The van der Waals surface area contributed by atoms with Crippen molar-refractivity contribution in [3.8, 4) is 11.5 Å². The molecule has 0 radical (unpaired) electrons. The van der Waals surface area contributed by atoms with Gasteiger partial charge in [-0.15, -0.1) is 24.0 Å². The van der Waals surface area contributed by atoms with Crippen molar-refractivity contribution >= 4 is 35.8 Å². The summed E-state index contributed by atoms with van der Waals surface area (Å²) in [5.41, 5.74) is 1.61. The van der Waals surface area contributed by atoms with E-state index in [-0.39, 0.29) is 41.1 Å². The van der Waals surface area contributed by atoms with E-state index in [1.54, 1.807) is 25.4 Å². The Balaban J connectivity index is 0.00000256. The van der Waals surface area contributed by atoms with Crippen LogP contribution >= 0.6 is 24.0 Å². The first-order valence-electron chi connectivity index (χ1n) is 10.00. The van der Waals surface area contributed by atoms with Gasteiger partial charge >= 0.3 is 0 Å². The lowest BCUT2D eigenvalue weighted by molar-refractivity contribution is -0.119. The van der Waals surface area contributed by atoms with E-state index in [1.165, 1.54) is 12.1 Å². The number of hydrogen-bond acceptors (Lipinski definition) is 4. The number of amides is 1. The number of aliphatic imine (C=N–C) groups is 1. The van der Waals surface area contributed by atoms with Gasteiger partial charge in [0.15, 0.2) is 5.96 Å². The Morgan fingerprint density at radius 1 is 1.40 bits per heavy atom. The van der Waals surface area contributed by atoms with Crippen LogP contribution in [0.15, 0.2) is 39.9 Å². The van der Waals surface area contributed by atoms with Crippen LogP contribution < -0.4 is 10.6 Å². The minimum absolute atomic E-state index is 0. The number of likely N-dealkylation sites (tertiary alicyclic amines) is 1. The van der Waals surface area contributed by atoms with Gasteiger partial charge in [0.1, 0.15) is 12.1 Å². The molecule has 2 N–H and O–H groups in total. The van der Waals surface area contributed by atoms with E-state index in [0.717, 1.165) is 49.7 Å². The lowest BCUT2D eigenvalue weighted by atomic mass is 9.79. The van der Waals surface area contributed by atoms with Crippen molar-refractivity contribution in [3.63, 3.8) is 0 Å². The zero-order valence-electron chi connectivity index (χ0n) is 17.0. The van der Waals surface area contributed by atoms with E-state index in [9.17, 15) is 9.18 Å². The van der Waals surface area contributed by atoms with E-state index in [0.29, 0.717) is 25.3 Å². The molecule has 0 bridgehead atoms. The first-order valence-corrected chi connectivity index (χ1v) is 10.00. The highest BCUT2D eigenvalue weighted by Crippen LogP contribution is 2.36. The number of carbonyl (C=O) groups excluding carboxylic acids is 1.